The van der Waals surface area contributed by atoms with Crippen LogP contribution in [-0.2, 0) is 11.4 Å². The molecule has 3 rings (SSSR count). The number of hydrogen-bond acceptors (Lipinski definition) is 5. The van der Waals surface area contributed by atoms with Crippen molar-refractivity contribution < 1.29 is 9.57 Å². The third kappa shape index (κ3) is 4.42. The molecule has 0 spiro atoms. The van der Waals surface area contributed by atoms with E-state index in [2.05, 4.69) is 54.7 Å². The Morgan fingerprint density at radius 1 is 1.20 bits per heavy atom. The van der Waals surface area contributed by atoms with Crippen LogP contribution in [0.15, 0.2) is 47.5 Å². The number of benzene rings is 2. The van der Waals surface area contributed by atoms with Crippen molar-refractivity contribution in [1.82, 2.24) is 5.48 Å². The summed E-state index contributed by atoms with van der Waals surface area (Å²) in [5.41, 5.74) is 7.71. The molecule has 0 aliphatic carbocycles. The van der Waals surface area contributed by atoms with E-state index in [4.69, 9.17) is 9.57 Å². The highest BCUT2D eigenvalue weighted by Crippen LogP contribution is 2.29. The van der Waals surface area contributed by atoms with Gasteiger partial charge in [0.1, 0.15) is 18.4 Å². The molecule has 1 heterocycles. The van der Waals surface area contributed by atoms with Gasteiger partial charge in [-0.1, -0.05) is 36.4 Å². The van der Waals surface area contributed by atoms with Gasteiger partial charge in [-0.3, -0.25) is 4.99 Å². The van der Waals surface area contributed by atoms with E-state index in [1.165, 1.54) is 5.56 Å². The highest BCUT2D eigenvalue weighted by atomic mass is 32.2. The topological polar surface area (TPSA) is 42.8 Å². The number of rotatable bonds is 7. The van der Waals surface area contributed by atoms with Crippen molar-refractivity contribution >= 4 is 16.8 Å². The Morgan fingerprint density at radius 3 is 2.80 bits per heavy atom. The van der Waals surface area contributed by atoms with Crippen LogP contribution >= 0.6 is 11.8 Å². The molecular formula is C20H24N2O2S. The Kier molecular flexibility index (Phi) is 6.13. The fourth-order valence-electron chi connectivity index (χ4n) is 2.86. The molecule has 1 unspecified atom stereocenters. The van der Waals surface area contributed by atoms with Gasteiger partial charge in [-0.2, -0.15) is 5.48 Å². The van der Waals surface area contributed by atoms with Crippen LogP contribution in [0.2, 0.25) is 0 Å². The van der Waals surface area contributed by atoms with Crippen molar-refractivity contribution in [2.45, 2.75) is 26.5 Å². The molecule has 0 amide bonds. The Hall–Kier alpha value is -1.82. The van der Waals surface area contributed by atoms with Gasteiger partial charge in [0.25, 0.3) is 0 Å². The third-order valence-corrected chi connectivity index (χ3v) is 5.23. The number of ether oxygens (including phenoxy) is 1. The molecule has 1 atom stereocenters. The van der Waals surface area contributed by atoms with E-state index >= 15 is 0 Å². The number of hydrogen-bond donors (Lipinski definition) is 1. The first-order valence-corrected chi connectivity index (χ1v) is 9.41. The second-order valence-electron chi connectivity index (χ2n) is 6.08. The zero-order chi connectivity index (χ0) is 17.6. The lowest BCUT2D eigenvalue weighted by atomic mass is 10.0. The first kappa shape index (κ1) is 18.0. The van der Waals surface area contributed by atoms with Gasteiger partial charge in [-0.15, -0.1) is 11.8 Å². The maximum atomic E-state index is 6.12. The molecule has 4 nitrogen and oxygen atoms in total. The predicted molar refractivity (Wildman–Crippen MR) is 104 cm³/mol. The summed E-state index contributed by atoms with van der Waals surface area (Å²) < 4.78 is 6.12. The molecule has 2 aromatic carbocycles. The summed E-state index contributed by atoms with van der Waals surface area (Å²) in [5.74, 6) is 1.96. The van der Waals surface area contributed by atoms with Gasteiger partial charge in [0.15, 0.2) is 0 Å². The Bertz CT molecular complexity index is 761. The van der Waals surface area contributed by atoms with E-state index in [1.807, 2.05) is 12.1 Å². The average Bonchev–Trinajstić information content (AvgIpc) is 3.15. The van der Waals surface area contributed by atoms with Crippen LogP contribution in [-0.4, -0.2) is 24.5 Å². The van der Waals surface area contributed by atoms with Crippen LogP contribution in [0.5, 0.6) is 5.75 Å². The molecule has 0 fully saturated rings. The minimum atomic E-state index is -0.0593. The van der Waals surface area contributed by atoms with Gasteiger partial charge in [-0.05, 0) is 42.2 Å². The van der Waals surface area contributed by atoms with E-state index in [-0.39, 0.29) is 6.04 Å². The Labute approximate surface area is 153 Å². The van der Waals surface area contributed by atoms with E-state index < -0.39 is 0 Å². The summed E-state index contributed by atoms with van der Waals surface area (Å²) >= 11 is 1.78. The van der Waals surface area contributed by atoms with Crippen molar-refractivity contribution in [1.29, 1.82) is 0 Å². The lowest BCUT2D eigenvalue weighted by molar-refractivity contribution is 0.0788. The molecule has 0 saturated carbocycles. The number of thioether (sulfide) groups is 1. The molecule has 0 radical (unpaired) electrons. The zero-order valence-electron chi connectivity index (χ0n) is 14.9. The van der Waals surface area contributed by atoms with Gasteiger partial charge >= 0.3 is 0 Å². The number of nitrogens with zero attached hydrogens (tertiary/aromatic N) is 1. The second-order valence-corrected chi connectivity index (χ2v) is 7.20. The fraction of sp³-hybridized carbons (Fsp3) is 0.350. The van der Waals surface area contributed by atoms with E-state index in [0.717, 1.165) is 39.8 Å². The standard InChI is InChI=1S/C20H24N2O2S/c1-14-8-9-15(2)18(12-14)24-13-16-6-4-5-7-17(16)19(22-23-3)20-21-10-11-25-20/h4-9,12,19,22H,10-11,13H2,1-3H3. The van der Waals surface area contributed by atoms with Gasteiger partial charge in [0, 0.05) is 12.3 Å². The number of aryl methyl sites for hydroxylation is 2. The van der Waals surface area contributed by atoms with Crippen LogP contribution < -0.4 is 10.2 Å². The molecule has 132 valence electrons. The maximum Gasteiger partial charge on any atom is 0.122 e. The molecule has 0 bridgehead atoms. The van der Waals surface area contributed by atoms with Crippen LogP contribution in [0.4, 0.5) is 0 Å². The molecule has 5 heteroatoms. The van der Waals surface area contributed by atoms with Gasteiger partial charge in [0.2, 0.25) is 0 Å². The van der Waals surface area contributed by atoms with E-state index in [1.54, 1.807) is 18.9 Å². The number of nitrogens with one attached hydrogen (secondary N) is 1. The second kappa shape index (κ2) is 8.52. The monoisotopic (exact) mass is 356 g/mol. The van der Waals surface area contributed by atoms with Gasteiger partial charge < -0.3 is 9.57 Å². The van der Waals surface area contributed by atoms with Crippen molar-refractivity contribution in [3.8, 4) is 5.75 Å². The Balaban J connectivity index is 1.83. The average molecular weight is 356 g/mol. The molecule has 1 aliphatic rings. The van der Waals surface area contributed by atoms with Crippen LogP contribution in [0.1, 0.15) is 28.3 Å². The fourth-order valence-corrected chi connectivity index (χ4v) is 3.77. The summed E-state index contributed by atoms with van der Waals surface area (Å²) in [4.78, 5) is 9.85. The lowest BCUT2D eigenvalue weighted by Gasteiger charge is -2.21. The summed E-state index contributed by atoms with van der Waals surface area (Å²) in [7, 11) is 1.64. The molecule has 0 saturated heterocycles. The minimum Gasteiger partial charge on any atom is -0.489 e. The van der Waals surface area contributed by atoms with Crippen molar-refractivity contribution in [3.63, 3.8) is 0 Å². The first-order chi connectivity index (χ1) is 12.2. The molecule has 25 heavy (non-hydrogen) atoms. The van der Waals surface area contributed by atoms with Crippen molar-refractivity contribution in [3.05, 3.63) is 64.7 Å². The number of aliphatic imine (C=N–C) groups is 1. The highest BCUT2D eigenvalue weighted by molar-refractivity contribution is 8.14. The maximum absolute atomic E-state index is 6.12. The normalized spacial score (nSPS) is 15.1. The van der Waals surface area contributed by atoms with Crippen molar-refractivity contribution in [2.24, 2.45) is 4.99 Å². The molecule has 1 aliphatic heterocycles. The first-order valence-electron chi connectivity index (χ1n) is 8.42. The van der Waals surface area contributed by atoms with E-state index in [9.17, 15) is 0 Å². The minimum absolute atomic E-state index is 0.0593. The quantitative estimate of drug-likeness (QED) is 0.754. The largest absolute Gasteiger partial charge is 0.489 e. The summed E-state index contributed by atoms with van der Waals surface area (Å²) in [6.45, 7) is 5.53. The van der Waals surface area contributed by atoms with E-state index in [0.29, 0.717) is 6.61 Å². The van der Waals surface area contributed by atoms with Crippen LogP contribution in [0, 0.1) is 13.8 Å². The van der Waals surface area contributed by atoms with Gasteiger partial charge in [-0.25, -0.2) is 0 Å². The van der Waals surface area contributed by atoms with Gasteiger partial charge in [0.05, 0.1) is 12.2 Å². The molecule has 2 aromatic rings. The third-order valence-electron chi connectivity index (χ3n) is 4.18. The summed E-state index contributed by atoms with van der Waals surface area (Å²) in [5, 5.41) is 1.07. The predicted octanol–water partition coefficient (Wildman–Crippen LogP) is 4.22. The van der Waals surface area contributed by atoms with Crippen LogP contribution in [0.25, 0.3) is 0 Å². The molecule has 1 N–H and O–H groups in total. The zero-order valence-corrected chi connectivity index (χ0v) is 15.7. The Morgan fingerprint density at radius 2 is 2.04 bits per heavy atom. The summed E-state index contributed by atoms with van der Waals surface area (Å²) in [6, 6.07) is 14.5. The number of hydroxylamine groups is 1. The SMILES string of the molecule is CONC(C1=NCCS1)c1ccccc1COc1cc(C)ccc1C. The van der Waals surface area contributed by atoms with Crippen molar-refractivity contribution in [2.75, 3.05) is 19.4 Å². The molecule has 0 aromatic heterocycles. The smallest absolute Gasteiger partial charge is 0.122 e. The molecular weight excluding hydrogens is 332 g/mol. The van der Waals surface area contributed by atoms with Crippen LogP contribution in [0.3, 0.4) is 0 Å². The summed E-state index contributed by atoms with van der Waals surface area (Å²) in [6.07, 6.45) is 0. The lowest BCUT2D eigenvalue weighted by Crippen LogP contribution is -2.27. The highest BCUT2D eigenvalue weighted by Gasteiger charge is 2.24.